The number of thioether (sulfide) groups is 1. The zero-order chi connectivity index (χ0) is 17.5. The maximum Gasteiger partial charge on any atom is 0.248 e. The van der Waals surface area contributed by atoms with Gasteiger partial charge in [-0.05, 0) is 62.1 Å². The van der Waals surface area contributed by atoms with Gasteiger partial charge in [-0.3, -0.25) is 4.79 Å². The molecule has 1 amide bonds. The maximum absolute atomic E-state index is 12.3. The van der Waals surface area contributed by atoms with Crippen LogP contribution in [0.4, 0.5) is 5.69 Å². The molecule has 0 unspecified atom stereocenters. The smallest absolute Gasteiger partial charge is 0.248 e. The standard InChI is InChI=1S/C21H29NO2S/c1-16-5-7-17(8-6-16)14-21(23)22-19-4-2-3-18(13-19)15-25-20-9-11-24-12-10-20/h2-4,13-14,16,20H,5-12,15H2,1H3,(H,22,23). The summed E-state index contributed by atoms with van der Waals surface area (Å²) >= 11 is 2.00. The van der Waals surface area contributed by atoms with Crippen molar-refractivity contribution in [3.8, 4) is 0 Å². The average Bonchev–Trinajstić information content (AvgIpc) is 2.63. The lowest BCUT2D eigenvalue weighted by molar-refractivity contribution is -0.112. The minimum absolute atomic E-state index is 0.0128. The molecule has 4 heteroatoms. The van der Waals surface area contributed by atoms with Crippen molar-refractivity contribution in [3.63, 3.8) is 0 Å². The molecule has 1 N–H and O–H groups in total. The molecule has 2 aliphatic rings. The molecule has 1 saturated heterocycles. The largest absolute Gasteiger partial charge is 0.381 e. The van der Waals surface area contributed by atoms with E-state index in [2.05, 4.69) is 24.4 Å². The van der Waals surface area contributed by atoms with Crippen LogP contribution in [-0.4, -0.2) is 24.4 Å². The second-order valence-electron chi connectivity index (χ2n) is 7.30. The Kier molecular flexibility index (Phi) is 7.00. The van der Waals surface area contributed by atoms with Gasteiger partial charge in [0, 0.05) is 36.0 Å². The van der Waals surface area contributed by atoms with Crippen molar-refractivity contribution in [2.75, 3.05) is 18.5 Å². The molecule has 1 aliphatic carbocycles. The Morgan fingerprint density at radius 2 is 2.00 bits per heavy atom. The molecular weight excluding hydrogens is 330 g/mol. The second kappa shape index (κ2) is 9.44. The summed E-state index contributed by atoms with van der Waals surface area (Å²) in [6.45, 7) is 4.07. The number of benzene rings is 1. The lowest BCUT2D eigenvalue weighted by Crippen LogP contribution is -2.17. The van der Waals surface area contributed by atoms with Gasteiger partial charge in [0.1, 0.15) is 0 Å². The van der Waals surface area contributed by atoms with Crippen LogP contribution in [0.1, 0.15) is 51.0 Å². The van der Waals surface area contributed by atoms with Gasteiger partial charge in [0.05, 0.1) is 0 Å². The van der Waals surface area contributed by atoms with E-state index in [9.17, 15) is 4.79 Å². The quantitative estimate of drug-likeness (QED) is 0.737. The molecule has 136 valence electrons. The first-order chi connectivity index (χ1) is 12.2. The van der Waals surface area contributed by atoms with E-state index in [0.717, 1.165) is 56.3 Å². The number of rotatable bonds is 5. The van der Waals surface area contributed by atoms with E-state index in [-0.39, 0.29) is 5.91 Å². The lowest BCUT2D eigenvalue weighted by atomic mass is 9.87. The number of allylic oxidation sites excluding steroid dienone is 1. The minimum atomic E-state index is 0.0128. The van der Waals surface area contributed by atoms with E-state index >= 15 is 0 Å². The van der Waals surface area contributed by atoms with Crippen molar-refractivity contribution >= 4 is 23.4 Å². The van der Waals surface area contributed by atoms with Crippen LogP contribution in [-0.2, 0) is 15.3 Å². The first kappa shape index (κ1) is 18.5. The van der Waals surface area contributed by atoms with Crippen LogP contribution in [0, 0.1) is 5.92 Å². The third kappa shape index (κ3) is 6.19. The topological polar surface area (TPSA) is 38.3 Å². The zero-order valence-corrected chi connectivity index (χ0v) is 15.9. The molecule has 3 nitrogen and oxygen atoms in total. The molecule has 0 aromatic heterocycles. The normalized spacial score (nSPS) is 21.8. The van der Waals surface area contributed by atoms with Crippen LogP contribution in [0.25, 0.3) is 0 Å². The van der Waals surface area contributed by atoms with Crippen LogP contribution in [0.3, 0.4) is 0 Å². The van der Waals surface area contributed by atoms with Gasteiger partial charge in [0.15, 0.2) is 0 Å². The van der Waals surface area contributed by atoms with Crippen LogP contribution in [0.2, 0.25) is 0 Å². The molecular formula is C21H29NO2S. The summed E-state index contributed by atoms with van der Waals surface area (Å²) in [6, 6.07) is 8.25. The molecule has 1 saturated carbocycles. The zero-order valence-electron chi connectivity index (χ0n) is 15.1. The third-order valence-corrected chi connectivity index (χ3v) is 6.54. The fraction of sp³-hybridized carbons (Fsp3) is 0.571. The maximum atomic E-state index is 12.3. The Bertz CT molecular complexity index is 598. The van der Waals surface area contributed by atoms with Crippen LogP contribution < -0.4 is 5.32 Å². The third-order valence-electron chi connectivity index (χ3n) is 5.10. The predicted molar refractivity (Wildman–Crippen MR) is 106 cm³/mol. The van der Waals surface area contributed by atoms with Gasteiger partial charge in [-0.25, -0.2) is 0 Å². The number of carbonyl (C=O) groups excluding carboxylic acids is 1. The van der Waals surface area contributed by atoms with Gasteiger partial charge in [0.25, 0.3) is 0 Å². The summed E-state index contributed by atoms with van der Waals surface area (Å²) in [6.07, 6.45) is 8.65. The number of hydrogen-bond donors (Lipinski definition) is 1. The Hall–Kier alpha value is -1.26. The molecule has 1 heterocycles. The Labute approximate surface area is 155 Å². The van der Waals surface area contributed by atoms with E-state index in [0.29, 0.717) is 5.25 Å². The fourth-order valence-electron chi connectivity index (χ4n) is 3.44. The van der Waals surface area contributed by atoms with Crippen molar-refractivity contribution < 1.29 is 9.53 Å². The molecule has 1 aromatic carbocycles. The SMILES string of the molecule is CC1CCC(=CC(=O)Nc2cccc(CSC3CCOCC3)c2)CC1. The molecule has 0 spiro atoms. The number of hydrogen-bond acceptors (Lipinski definition) is 3. The lowest BCUT2D eigenvalue weighted by Gasteiger charge is -2.21. The van der Waals surface area contributed by atoms with E-state index in [4.69, 9.17) is 4.74 Å². The summed E-state index contributed by atoms with van der Waals surface area (Å²) in [5.41, 5.74) is 3.46. The summed E-state index contributed by atoms with van der Waals surface area (Å²) in [5.74, 6) is 1.80. The van der Waals surface area contributed by atoms with Crippen molar-refractivity contribution in [1.29, 1.82) is 0 Å². The molecule has 0 bridgehead atoms. The summed E-state index contributed by atoms with van der Waals surface area (Å²) < 4.78 is 5.42. The Balaban J connectivity index is 1.50. The fourth-order valence-corrected chi connectivity index (χ4v) is 4.57. The van der Waals surface area contributed by atoms with Crippen LogP contribution in [0.5, 0.6) is 0 Å². The molecule has 1 aromatic rings. The molecule has 3 rings (SSSR count). The summed E-state index contributed by atoms with van der Waals surface area (Å²) in [4.78, 5) is 12.3. The van der Waals surface area contributed by atoms with Gasteiger partial charge in [0.2, 0.25) is 5.91 Å². The summed E-state index contributed by atoms with van der Waals surface area (Å²) in [7, 11) is 0. The van der Waals surface area contributed by atoms with Crippen LogP contribution in [0.15, 0.2) is 35.9 Å². The first-order valence-electron chi connectivity index (χ1n) is 9.48. The number of carbonyl (C=O) groups is 1. The van der Waals surface area contributed by atoms with E-state index in [1.165, 1.54) is 24.0 Å². The monoisotopic (exact) mass is 359 g/mol. The van der Waals surface area contributed by atoms with Crippen molar-refractivity contribution in [1.82, 2.24) is 0 Å². The van der Waals surface area contributed by atoms with E-state index in [1.54, 1.807) is 0 Å². The van der Waals surface area contributed by atoms with E-state index in [1.807, 2.05) is 30.0 Å². The molecule has 0 radical (unpaired) electrons. The predicted octanol–water partition coefficient (Wildman–Crippen LogP) is 5.17. The van der Waals surface area contributed by atoms with Crippen molar-refractivity contribution in [3.05, 3.63) is 41.5 Å². The highest BCUT2D eigenvalue weighted by molar-refractivity contribution is 7.99. The Morgan fingerprint density at radius 3 is 2.76 bits per heavy atom. The average molecular weight is 360 g/mol. The molecule has 25 heavy (non-hydrogen) atoms. The highest BCUT2D eigenvalue weighted by atomic mass is 32.2. The van der Waals surface area contributed by atoms with E-state index < -0.39 is 0 Å². The van der Waals surface area contributed by atoms with Crippen molar-refractivity contribution in [2.45, 2.75) is 56.5 Å². The number of ether oxygens (including phenoxy) is 1. The molecule has 2 fully saturated rings. The second-order valence-corrected chi connectivity index (χ2v) is 8.59. The van der Waals surface area contributed by atoms with Gasteiger partial charge in [-0.15, -0.1) is 0 Å². The van der Waals surface area contributed by atoms with Gasteiger partial charge in [-0.1, -0.05) is 24.6 Å². The number of anilines is 1. The highest BCUT2D eigenvalue weighted by Crippen LogP contribution is 2.28. The Morgan fingerprint density at radius 1 is 1.24 bits per heavy atom. The highest BCUT2D eigenvalue weighted by Gasteiger charge is 2.15. The van der Waals surface area contributed by atoms with Gasteiger partial charge < -0.3 is 10.1 Å². The van der Waals surface area contributed by atoms with Gasteiger partial charge >= 0.3 is 0 Å². The molecule has 0 atom stereocenters. The van der Waals surface area contributed by atoms with Gasteiger partial charge in [-0.2, -0.15) is 11.8 Å². The number of nitrogens with one attached hydrogen (secondary N) is 1. The first-order valence-corrected chi connectivity index (χ1v) is 10.5. The van der Waals surface area contributed by atoms with Crippen LogP contribution >= 0.6 is 11.8 Å². The minimum Gasteiger partial charge on any atom is -0.381 e. The summed E-state index contributed by atoms with van der Waals surface area (Å²) in [5, 5.41) is 3.73. The molecule has 1 aliphatic heterocycles. The van der Waals surface area contributed by atoms with Crippen molar-refractivity contribution in [2.24, 2.45) is 5.92 Å². The number of amides is 1.